The Labute approximate surface area is 141 Å². The Morgan fingerprint density at radius 3 is 2.40 bits per heavy atom. The van der Waals surface area contributed by atoms with Gasteiger partial charge in [0, 0.05) is 18.2 Å². The van der Waals surface area contributed by atoms with Crippen LogP contribution in [0.3, 0.4) is 0 Å². The molecule has 0 bridgehead atoms. The highest BCUT2D eigenvalue weighted by molar-refractivity contribution is 5.91. The lowest BCUT2D eigenvalue weighted by molar-refractivity contribution is -0.153. The van der Waals surface area contributed by atoms with Crippen LogP contribution in [0.25, 0.3) is 6.08 Å². The van der Waals surface area contributed by atoms with Crippen molar-refractivity contribution >= 4 is 12.0 Å². The quantitative estimate of drug-likeness (QED) is 0.627. The highest BCUT2D eigenvalue weighted by Gasteiger charge is 2.28. The normalized spacial score (nSPS) is 11.5. The van der Waals surface area contributed by atoms with Crippen LogP contribution in [0, 0.1) is 5.82 Å². The van der Waals surface area contributed by atoms with Crippen molar-refractivity contribution < 1.29 is 27.1 Å². The molecule has 0 saturated carbocycles. The van der Waals surface area contributed by atoms with E-state index in [-0.39, 0.29) is 12.3 Å². The Morgan fingerprint density at radius 1 is 1.08 bits per heavy atom. The highest BCUT2D eigenvalue weighted by atomic mass is 19.4. The van der Waals surface area contributed by atoms with E-state index in [1.807, 2.05) is 0 Å². The van der Waals surface area contributed by atoms with E-state index in [4.69, 9.17) is 0 Å². The lowest BCUT2D eigenvalue weighted by Gasteiger charge is -2.09. The fourth-order valence-corrected chi connectivity index (χ4v) is 1.89. The van der Waals surface area contributed by atoms with Gasteiger partial charge in [-0.25, -0.2) is 4.39 Å². The Balaban J connectivity index is 1.82. The highest BCUT2D eigenvalue weighted by Crippen LogP contribution is 2.18. The summed E-state index contributed by atoms with van der Waals surface area (Å²) in [5.41, 5.74) is 0.982. The Kier molecular flexibility index (Phi) is 6.16. The number of halogens is 4. The molecule has 2 aromatic rings. The fourth-order valence-electron chi connectivity index (χ4n) is 1.89. The minimum Gasteiger partial charge on any atom is -0.484 e. The van der Waals surface area contributed by atoms with Gasteiger partial charge in [-0.1, -0.05) is 30.3 Å². The first-order valence-electron chi connectivity index (χ1n) is 7.32. The van der Waals surface area contributed by atoms with Crippen molar-refractivity contribution in [1.82, 2.24) is 5.32 Å². The molecule has 0 saturated heterocycles. The number of carbonyl (C=O) groups excluding carboxylic acids is 1. The summed E-state index contributed by atoms with van der Waals surface area (Å²) in [6, 6.07) is 11.9. The molecule has 0 heterocycles. The minimum atomic E-state index is -4.39. The molecule has 132 valence electrons. The Bertz CT molecular complexity index is 739. The number of ether oxygens (including phenoxy) is 1. The maximum Gasteiger partial charge on any atom is 0.422 e. The number of carbonyl (C=O) groups is 1. The molecule has 0 aliphatic heterocycles. The van der Waals surface area contributed by atoms with Crippen molar-refractivity contribution in [2.45, 2.75) is 12.7 Å². The number of amides is 1. The summed E-state index contributed by atoms with van der Waals surface area (Å²) in [6.07, 6.45) is -1.82. The smallest absolute Gasteiger partial charge is 0.422 e. The molecule has 1 amide bonds. The van der Waals surface area contributed by atoms with Crippen LogP contribution in [0.5, 0.6) is 5.75 Å². The van der Waals surface area contributed by atoms with Crippen LogP contribution in [-0.4, -0.2) is 18.7 Å². The molecule has 0 aromatic heterocycles. The topological polar surface area (TPSA) is 38.3 Å². The van der Waals surface area contributed by atoms with E-state index in [1.54, 1.807) is 30.3 Å². The number of hydrogen-bond donors (Lipinski definition) is 1. The van der Waals surface area contributed by atoms with Gasteiger partial charge in [-0.15, -0.1) is 0 Å². The van der Waals surface area contributed by atoms with Gasteiger partial charge in [0.25, 0.3) is 0 Å². The van der Waals surface area contributed by atoms with Crippen molar-refractivity contribution in [3.63, 3.8) is 0 Å². The van der Waals surface area contributed by atoms with E-state index < -0.39 is 24.5 Å². The van der Waals surface area contributed by atoms with Crippen molar-refractivity contribution in [1.29, 1.82) is 0 Å². The molecule has 0 atom stereocenters. The zero-order valence-electron chi connectivity index (χ0n) is 13.0. The summed E-state index contributed by atoms with van der Waals surface area (Å²) in [5, 5.41) is 2.60. The molecule has 1 N–H and O–H groups in total. The molecule has 25 heavy (non-hydrogen) atoms. The van der Waals surface area contributed by atoms with E-state index in [1.165, 1.54) is 30.4 Å². The average molecular weight is 353 g/mol. The van der Waals surface area contributed by atoms with Crippen LogP contribution in [-0.2, 0) is 11.3 Å². The van der Waals surface area contributed by atoms with E-state index in [0.717, 1.165) is 0 Å². The zero-order valence-corrected chi connectivity index (χ0v) is 13.0. The summed E-state index contributed by atoms with van der Waals surface area (Å²) in [6.45, 7) is -1.18. The fraction of sp³-hybridized carbons (Fsp3) is 0.167. The molecule has 2 aromatic carbocycles. The second kappa shape index (κ2) is 8.32. The SMILES string of the molecule is O=C(/C=C/c1ccccc1F)NCc1ccc(OCC(F)(F)F)cc1. The maximum absolute atomic E-state index is 13.4. The predicted molar refractivity (Wildman–Crippen MR) is 85.3 cm³/mol. The molecule has 0 spiro atoms. The van der Waals surface area contributed by atoms with Crippen LogP contribution < -0.4 is 10.1 Å². The van der Waals surface area contributed by atoms with E-state index in [9.17, 15) is 22.4 Å². The van der Waals surface area contributed by atoms with Gasteiger partial charge >= 0.3 is 6.18 Å². The second-order valence-corrected chi connectivity index (χ2v) is 5.12. The maximum atomic E-state index is 13.4. The van der Waals surface area contributed by atoms with Crippen LogP contribution in [0.2, 0.25) is 0 Å². The van der Waals surface area contributed by atoms with Crippen molar-refractivity contribution in [2.75, 3.05) is 6.61 Å². The molecule has 0 aliphatic carbocycles. The van der Waals surface area contributed by atoms with Crippen LogP contribution in [0.4, 0.5) is 17.6 Å². The molecule has 0 aliphatic rings. The van der Waals surface area contributed by atoms with Gasteiger partial charge in [0.15, 0.2) is 6.61 Å². The number of nitrogens with one attached hydrogen (secondary N) is 1. The molecule has 2 rings (SSSR count). The number of alkyl halides is 3. The van der Waals surface area contributed by atoms with Crippen molar-refractivity contribution in [3.05, 3.63) is 71.6 Å². The summed E-state index contributed by atoms with van der Waals surface area (Å²) < 4.78 is 54.1. The standard InChI is InChI=1S/C18H15F4NO2/c19-16-4-2-1-3-14(16)7-10-17(24)23-11-13-5-8-15(9-6-13)25-12-18(20,21)22/h1-10H,11-12H2,(H,23,24)/b10-7+. The summed E-state index contributed by atoms with van der Waals surface area (Å²) in [5.74, 6) is -0.756. The Hall–Kier alpha value is -2.83. The third-order valence-corrected chi connectivity index (χ3v) is 3.11. The average Bonchev–Trinajstić information content (AvgIpc) is 2.57. The van der Waals surface area contributed by atoms with E-state index in [2.05, 4.69) is 10.1 Å². The number of hydrogen-bond acceptors (Lipinski definition) is 2. The third-order valence-electron chi connectivity index (χ3n) is 3.11. The Morgan fingerprint density at radius 2 is 1.76 bits per heavy atom. The van der Waals surface area contributed by atoms with Gasteiger partial charge in [-0.2, -0.15) is 13.2 Å². The first-order chi connectivity index (χ1) is 11.8. The molecule has 0 radical (unpaired) electrons. The molecule has 0 fully saturated rings. The predicted octanol–water partition coefficient (Wildman–Crippen LogP) is 4.10. The van der Waals surface area contributed by atoms with Gasteiger partial charge in [0.05, 0.1) is 0 Å². The lowest BCUT2D eigenvalue weighted by atomic mass is 10.2. The van der Waals surface area contributed by atoms with E-state index >= 15 is 0 Å². The molecule has 7 heteroatoms. The van der Waals surface area contributed by atoms with E-state index in [0.29, 0.717) is 11.1 Å². The van der Waals surface area contributed by atoms with Gasteiger partial charge < -0.3 is 10.1 Å². The molecular formula is C18H15F4NO2. The summed E-state index contributed by atoms with van der Waals surface area (Å²) in [7, 11) is 0. The second-order valence-electron chi connectivity index (χ2n) is 5.12. The minimum absolute atomic E-state index is 0.0897. The van der Waals surface area contributed by atoms with Crippen LogP contribution in [0.1, 0.15) is 11.1 Å². The summed E-state index contributed by atoms with van der Waals surface area (Å²) in [4.78, 5) is 11.7. The van der Waals surface area contributed by atoms with Crippen LogP contribution in [0.15, 0.2) is 54.6 Å². The van der Waals surface area contributed by atoms with Crippen molar-refractivity contribution in [2.24, 2.45) is 0 Å². The van der Waals surface area contributed by atoms with Crippen LogP contribution >= 0.6 is 0 Å². The van der Waals surface area contributed by atoms with Gasteiger partial charge in [-0.05, 0) is 29.8 Å². The molecular weight excluding hydrogens is 338 g/mol. The summed E-state index contributed by atoms with van der Waals surface area (Å²) >= 11 is 0. The zero-order chi connectivity index (χ0) is 18.3. The molecule has 3 nitrogen and oxygen atoms in total. The number of rotatable bonds is 6. The lowest BCUT2D eigenvalue weighted by Crippen LogP contribution is -2.20. The van der Waals surface area contributed by atoms with Gasteiger partial charge in [0.1, 0.15) is 11.6 Å². The first-order valence-corrected chi connectivity index (χ1v) is 7.32. The van der Waals surface area contributed by atoms with Gasteiger partial charge in [0.2, 0.25) is 5.91 Å². The number of benzene rings is 2. The third kappa shape index (κ3) is 6.66. The first kappa shape index (κ1) is 18.5. The van der Waals surface area contributed by atoms with Crippen molar-refractivity contribution in [3.8, 4) is 5.75 Å². The monoisotopic (exact) mass is 353 g/mol. The largest absolute Gasteiger partial charge is 0.484 e. The van der Waals surface area contributed by atoms with Gasteiger partial charge in [-0.3, -0.25) is 4.79 Å². The molecule has 0 unspecified atom stereocenters.